The van der Waals surface area contributed by atoms with E-state index in [2.05, 4.69) is 20.7 Å². The molecule has 0 radical (unpaired) electrons. The Hall–Kier alpha value is -4.14. The highest BCUT2D eigenvalue weighted by atomic mass is 19.1. The average molecular weight is 616 g/mol. The largest absolute Gasteiger partial charge is 0.508 e. The Kier molecular flexibility index (Phi) is 6.76. The molecule has 6 heterocycles. The summed E-state index contributed by atoms with van der Waals surface area (Å²) in [5.74, 6) is 1.41. The molecule has 0 unspecified atom stereocenters. The van der Waals surface area contributed by atoms with Gasteiger partial charge in [-0.2, -0.15) is 9.97 Å². The number of aromatic nitrogens is 3. The molecule has 4 aliphatic rings. The number of hydrogen-bond donors (Lipinski definition) is 1. The van der Waals surface area contributed by atoms with E-state index in [0.29, 0.717) is 61.4 Å². The topological polar surface area (TPSA) is 83.8 Å². The number of rotatable bonds is 4. The average Bonchev–Trinajstić information content (AvgIpc) is 3.38. The van der Waals surface area contributed by atoms with Gasteiger partial charge in [0.15, 0.2) is 5.82 Å². The summed E-state index contributed by atoms with van der Waals surface area (Å²) >= 11 is 0. The van der Waals surface area contributed by atoms with Crippen LogP contribution < -0.4 is 9.64 Å². The number of halogens is 3. The number of phenolic OH excluding ortho intramolecular Hbond substituents is 1. The number of anilines is 1. The molecule has 1 N–H and O–H groups in total. The third-order valence-corrected chi connectivity index (χ3v) is 10.0. The van der Waals surface area contributed by atoms with Crippen LogP contribution in [0.4, 0.5) is 19.0 Å². The maximum atomic E-state index is 17.0. The number of aromatic hydroxyl groups is 1. The number of alkyl halides is 1. The zero-order chi connectivity index (χ0) is 30.9. The Morgan fingerprint density at radius 1 is 1.11 bits per heavy atom. The molecule has 0 aliphatic carbocycles. The number of ether oxygens (including phenoxy) is 2. The molecule has 3 atom stereocenters. The van der Waals surface area contributed by atoms with E-state index in [-0.39, 0.29) is 52.1 Å². The van der Waals surface area contributed by atoms with Crippen molar-refractivity contribution >= 4 is 27.5 Å². The third kappa shape index (κ3) is 4.57. The van der Waals surface area contributed by atoms with Gasteiger partial charge in [-0.1, -0.05) is 12.0 Å². The number of pyridine rings is 1. The third-order valence-electron chi connectivity index (χ3n) is 10.0. The molecule has 11 heteroatoms. The molecule has 0 amide bonds. The second kappa shape index (κ2) is 10.7. The lowest BCUT2D eigenvalue weighted by Gasteiger charge is -2.31. The van der Waals surface area contributed by atoms with Crippen LogP contribution in [0.15, 0.2) is 24.3 Å². The van der Waals surface area contributed by atoms with Crippen molar-refractivity contribution in [3.8, 4) is 35.4 Å². The lowest BCUT2D eigenvalue weighted by atomic mass is 9.95. The van der Waals surface area contributed by atoms with E-state index >= 15 is 4.39 Å². The molecule has 3 saturated heterocycles. The summed E-state index contributed by atoms with van der Waals surface area (Å²) < 4.78 is 58.4. The van der Waals surface area contributed by atoms with E-state index in [1.54, 1.807) is 0 Å². The van der Waals surface area contributed by atoms with Gasteiger partial charge in [0.05, 0.1) is 28.8 Å². The zero-order valence-corrected chi connectivity index (χ0v) is 24.7. The second-order valence-corrected chi connectivity index (χ2v) is 12.6. The molecule has 8 nitrogen and oxygen atoms in total. The van der Waals surface area contributed by atoms with Gasteiger partial charge >= 0.3 is 6.01 Å². The molecule has 2 aromatic carbocycles. The zero-order valence-electron chi connectivity index (χ0n) is 24.7. The molecule has 4 aliphatic heterocycles. The highest BCUT2D eigenvalue weighted by Gasteiger charge is 2.49. The monoisotopic (exact) mass is 615 g/mol. The van der Waals surface area contributed by atoms with Crippen molar-refractivity contribution < 1.29 is 27.8 Å². The van der Waals surface area contributed by atoms with E-state index in [0.717, 1.165) is 32.2 Å². The van der Waals surface area contributed by atoms with E-state index < -0.39 is 23.3 Å². The minimum absolute atomic E-state index is 0.00461. The fourth-order valence-electron chi connectivity index (χ4n) is 7.94. The molecule has 45 heavy (non-hydrogen) atoms. The number of fused-ring (bicyclic) bond motifs is 4. The Labute approximate surface area is 258 Å². The van der Waals surface area contributed by atoms with Gasteiger partial charge in [-0.25, -0.2) is 18.2 Å². The minimum atomic E-state index is -0.919. The Morgan fingerprint density at radius 3 is 2.87 bits per heavy atom. The number of nitrogens with zero attached hydrogens (tertiary/aromatic N) is 5. The van der Waals surface area contributed by atoms with Crippen LogP contribution in [0.3, 0.4) is 0 Å². The smallest absolute Gasteiger partial charge is 0.319 e. The van der Waals surface area contributed by atoms with Crippen molar-refractivity contribution in [2.45, 2.75) is 56.3 Å². The van der Waals surface area contributed by atoms with Crippen LogP contribution in [0.2, 0.25) is 0 Å². The maximum absolute atomic E-state index is 17.0. The predicted octanol–water partition coefficient (Wildman–Crippen LogP) is 5.31. The van der Waals surface area contributed by atoms with Crippen LogP contribution in [0.1, 0.15) is 43.4 Å². The standard InChI is InChI=1S/C34H32F3N5O3/c1-2-23-25(36)6-4-19-14-22(43)15-24(27(19)23)30-29(37)31-28-26(38-30)7-5-21-8-12-44-13-11-42(21)32(28)40-33(39-31)45-18-34-9-3-10-41(34)17-20(35)16-34/h1,4,6,14-15,20-21,43H,3,5,7-13,16-18H2/t20-,21-,34+/m1/s1. The van der Waals surface area contributed by atoms with Crippen molar-refractivity contribution in [2.24, 2.45) is 0 Å². The van der Waals surface area contributed by atoms with Gasteiger partial charge in [0.2, 0.25) is 0 Å². The van der Waals surface area contributed by atoms with Crippen molar-refractivity contribution in [1.82, 2.24) is 19.9 Å². The summed E-state index contributed by atoms with van der Waals surface area (Å²) in [6.07, 6.45) is 8.96. The molecule has 0 spiro atoms. The molecule has 0 bridgehead atoms. The van der Waals surface area contributed by atoms with E-state index in [1.807, 2.05) is 0 Å². The maximum Gasteiger partial charge on any atom is 0.319 e. The first kappa shape index (κ1) is 28.3. The summed E-state index contributed by atoms with van der Waals surface area (Å²) in [5.41, 5.74) is 0.221. The van der Waals surface area contributed by atoms with Crippen molar-refractivity contribution in [3.05, 3.63) is 47.2 Å². The summed E-state index contributed by atoms with van der Waals surface area (Å²) in [4.78, 5) is 18.6. The van der Waals surface area contributed by atoms with Crippen LogP contribution in [-0.2, 0) is 11.2 Å². The van der Waals surface area contributed by atoms with E-state index in [4.69, 9.17) is 25.9 Å². The molecular formula is C34H32F3N5O3. The van der Waals surface area contributed by atoms with Crippen LogP contribution in [0, 0.1) is 24.0 Å². The predicted molar refractivity (Wildman–Crippen MR) is 163 cm³/mol. The first-order valence-electron chi connectivity index (χ1n) is 15.5. The second-order valence-electron chi connectivity index (χ2n) is 12.6. The summed E-state index contributed by atoms with van der Waals surface area (Å²) in [5, 5.41) is 11.8. The molecule has 232 valence electrons. The normalized spacial score (nSPS) is 24.7. The van der Waals surface area contributed by atoms with Gasteiger partial charge in [0, 0.05) is 43.1 Å². The number of benzene rings is 2. The summed E-state index contributed by atoms with van der Waals surface area (Å²) in [7, 11) is 0. The quantitative estimate of drug-likeness (QED) is 0.310. The number of phenols is 1. The number of aryl methyl sites for hydroxylation is 1. The molecular weight excluding hydrogens is 583 g/mol. The highest BCUT2D eigenvalue weighted by Crippen LogP contribution is 2.43. The van der Waals surface area contributed by atoms with Crippen LogP contribution in [0.25, 0.3) is 32.9 Å². The SMILES string of the molecule is C#Cc1c(F)ccc2cc(O)cc(-c3nc4c5c(nc(OC[C@@]67CCCN6C[C@H](F)C7)nc5c3F)N3CCOCC[C@H]3CC4)c12. The summed E-state index contributed by atoms with van der Waals surface area (Å²) in [6, 6.07) is 5.62. The molecule has 0 saturated carbocycles. The number of hydrogen-bond acceptors (Lipinski definition) is 8. The van der Waals surface area contributed by atoms with Crippen molar-refractivity contribution in [1.29, 1.82) is 0 Å². The molecule has 2 aromatic heterocycles. The van der Waals surface area contributed by atoms with Gasteiger partial charge in [-0.3, -0.25) is 4.90 Å². The first-order chi connectivity index (χ1) is 21.8. The van der Waals surface area contributed by atoms with Crippen molar-refractivity contribution in [3.63, 3.8) is 0 Å². The van der Waals surface area contributed by atoms with Gasteiger partial charge in [0.1, 0.15) is 41.4 Å². The van der Waals surface area contributed by atoms with Gasteiger partial charge in [0.25, 0.3) is 0 Å². The lowest BCUT2D eigenvalue weighted by molar-refractivity contribution is 0.107. The van der Waals surface area contributed by atoms with E-state index in [1.165, 1.54) is 24.3 Å². The van der Waals surface area contributed by atoms with Gasteiger partial charge in [-0.15, -0.1) is 6.42 Å². The number of terminal acetylenes is 1. The van der Waals surface area contributed by atoms with Crippen LogP contribution >= 0.6 is 0 Å². The van der Waals surface area contributed by atoms with Gasteiger partial charge in [-0.05, 0) is 62.2 Å². The summed E-state index contributed by atoms with van der Waals surface area (Å²) in [6.45, 7) is 3.04. The van der Waals surface area contributed by atoms with Crippen LogP contribution in [0.5, 0.6) is 11.8 Å². The Morgan fingerprint density at radius 2 is 2.00 bits per heavy atom. The van der Waals surface area contributed by atoms with Crippen molar-refractivity contribution in [2.75, 3.05) is 44.4 Å². The fourth-order valence-corrected chi connectivity index (χ4v) is 7.94. The Balaban J connectivity index is 1.33. The molecule has 4 aromatic rings. The van der Waals surface area contributed by atoms with E-state index in [9.17, 15) is 13.9 Å². The molecule has 8 rings (SSSR count). The van der Waals surface area contributed by atoms with Crippen LogP contribution in [-0.4, -0.2) is 82.2 Å². The Bertz CT molecular complexity index is 1900. The fraction of sp³-hybridized carbons (Fsp3) is 0.441. The molecule has 3 fully saturated rings. The minimum Gasteiger partial charge on any atom is -0.508 e. The highest BCUT2D eigenvalue weighted by molar-refractivity contribution is 6.03. The lowest BCUT2D eigenvalue weighted by Crippen LogP contribution is -2.43. The first-order valence-corrected chi connectivity index (χ1v) is 15.5. The van der Waals surface area contributed by atoms with Gasteiger partial charge < -0.3 is 19.5 Å².